The van der Waals surface area contributed by atoms with Crippen molar-refractivity contribution in [1.82, 2.24) is 10.3 Å². The van der Waals surface area contributed by atoms with Crippen LogP contribution in [-0.4, -0.2) is 35.3 Å². The molecule has 110 valence electrons. The van der Waals surface area contributed by atoms with Crippen LogP contribution in [0.5, 0.6) is 5.75 Å². The number of ether oxygens (including phenoxy) is 1. The van der Waals surface area contributed by atoms with E-state index in [2.05, 4.69) is 10.3 Å². The first-order valence-electron chi connectivity index (χ1n) is 6.41. The Bertz CT molecular complexity index is 575. The first kappa shape index (κ1) is 14.9. The Morgan fingerprint density at radius 1 is 1.29 bits per heavy atom. The van der Waals surface area contributed by atoms with Crippen LogP contribution in [0.15, 0.2) is 48.7 Å². The Balaban J connectivity index is 1.73. The van der Waals surface area contributed by atoms with Crippen molar-refractivity contribution in [3.05, 3.63) is 60.2 Å². The maximum atomic E-state index is 12.7. The topological polar surface area (TPSA) is 71.5 Å². The number of nitrogens with zero attached hydrogens (tertiary/aromatic N) is 1. The maximum absolute atomic E-state index is 12.7. The Kier molecular flexibility index (Phi) is 5.22. The van der Waals surface area contributed by atoms with Crippen LogP contribution in [0.2, 0.25) is 0 Å². The number of aliphatic hydroxyl groups is 1. The second-order valence-corrected chi connectivity index (χ2v) is 4.34. The summed E-state index contributed by atoms with van der Waals surface area (Å²) in [4.78, 5) is 15.6. The van der Waals surface area contributed by atoms with Crippen molar-refractivity contribution in [2.75, 3.05) is 13.2 Å². The van der Waals surface area contributed by atoms with Gasteiger partial charge in [0.1, 0.15) is 30.0 Å². The third kappa shape index (κ3) is 4.85. The molecule has 0 fully saturated rings. The number of halogens is 1. The molecule has 2 rings (SSSR count). The van der Waals surface area contributed by atoms with Gasteiger partial charge in [0, 0.05) is 12.7 Å². The zero-order chi connectivity index (χ0) is 15.1. The lowest BCUT2D eigenvalue weighted by molar-refractivity contribution is 0.0839. The molecule has 1 amide bonds. The summed E-state index contributed by atoms with van der Waals surface area (Å²) >= 11 is 0. The molecular weight excluding hydrogens is 275 g/mol. The van der Waals surface area contributed by atoms with Gasteiger partial charge in [-0.15, -0.1) is 0 Å². The van der Waals surface area contributed by atoms with Gasteiger partial charge in [0.2, 0.25) is 0 Å². The molecule has 2 aromatic rings. The molecule has 1 heterocycles. The lowest BCUT2D eigenvalue weighted by Gasteiger charge is -2.13. The predicted molar refractivity (Wildman–Crippen MR) is 74.5 cm³/mol. The fourth-order valence-corrected chi connectivity index (χ4v) is 1.58. The van der Waals surface area contributed by atoms with Gasteiger partial charge in [0.05, 0.1) is 0 Å². The molecule has 0 radical (unpaired) electrons. The fraction of sp³-hybridized carbons (Fsp3) is 0.200. The summed E-state index contributed by atoms with van der Waals surface area (Å²) in [6.45, 7) is 0.0325. The zero-order valence-electron chi connectivity index (χ0n) is 11.2. The van der Waals surface area contributed by atoms with E-state index in [4.69, 9.17) is 4.74 Å². The lowest BCUT2D eigenvalue weighted by Crippen LogP contribution is -2.35. The Labute approximate surface area is 121 Å². The van der Waals surface area contributed by atoms with Crippen LogP contribution in [-0.2, 0) is 0 Å². The van der Waals surface area contributed by atoms with Gasteiger partial charge in [-0.1, -0.05) is 6.07 Å². The van der Waals surface area contributed by atoms with Gasteiger partial charge >= 0.3 is 0 Å². The molecule has 2 N–H and O–H groups in total. The zero-order valence-corrected chi connectivity index (χ0v) is 11.2. The number of benzene rings is 1. The average Bonchev–Trinajstić information content (AvgIpc) is 2.53. The quantitative estimate of drug-likeness (QED) is 0.843. The van der Waals surface area contributed by atoms with Gasteiger partial charge in [0.15, 0.2) is 0 Å². The number of rotatable bonds is 6. The minimum atomic E-state index is -0.872. The van der Waals surface area contributed by atoms with Crippen molar-refractivity contribution >= 4 is 5.91 Å². The number of carbonyl (C=O) groups excluding carboxylic acids is 1. The highest BCUT2D eigenvalue weighted by Gasteiger charge is 2.10. The summed E-state index contributed by atoms with van der Waals surface area (Å²) < 4.78 is 18.0. The molecule has 0 aliphatic rings. The van der Waals surface area contributed by atoms with E-state index in [9.17, 15) is 14.3 Å². The second-order valence-electron chi connectivity index (χ2n) is 4.34. The second kappa shape index (κ2) is 7.35. The van der Waals surface area contributed by atoms with E-state index < -0.39 is 6.10 Å². The third-order valence-corrected chi connectivity index (χ3v) is 2.65. The molecule has 1 aromatic carbocycles. The molecule has 0 saturated heterocycles. The van der Waals surface area contributed by atoms with Crippen LogP contribution < -0.4 is 10.1 Å². The van der Waals surface area contributed by atoms with E-state index in [-0.39, 0.29) is 30.6 Å². The Hall–Kier alpha value is -2.47. The van der Waals surface area contributed by atoms with Gasteiger partial charge in [-0.2, -0.15) is 0 Å². The van der Waals surface area contributed by atoms with Gasteiger partial charge in [-0.05, 0) is 36.4 Å². The van der Waals surface area contributed by atoms with Gasteiger partial charge < -0.3 is 15.2 Å². The number of hydrogen-bond acceptors (Lipinski definition) is 4. The molecule has 0 bridgehead atoms. The molecule has 6 heteroatoms. The summed E-state index contributed by atoms with van der Waals surface area (Å²) in [6.07, 6.45) is 0.644. The Morgan fingerprint density at radius 3 is 2.71 bits per heavy atom. The molecule has 21 heavy (non-hydrogen) atoms. The van der Waals surface area contributed by atoms with Crippen LogP contribution in [0.3, 0.4) is 0 Å². The summed E-state index contributed by atoms with van der Waals surface area (Å²) in [5.41, 5.74) is 0.282. The van der Waals surface area contributed by atoms with Crippen LogP contribution in [0.4, 0.5) is 4.39 Å². The van der Waals surface area contributed by atoms with E-state index >= 15 is 0 Å². The van der Waals surface area contributed by atoms with Crippen molar-refractivity contribution < 1.29 is 19.0 Å². The number of aliphatic hydroxyl groups excluding tert-OH is 1. The minimum absolute atomic E-state index is 0.00582. The molecule has 5 nitrogen and oxygen atoms in total. The molecule has 0 aliphatic heterocycles. The summed E-state index contributed by atoms with van der Waals surface area (Å²) in [6, 6.07) is 10.5. The lowest BCUT2D eigenvalue weighted by atomic mass is 10.3. The van der Waals surface area contributed by atoms with Gasteiger partial charge in [0.25, 0.3) is 5.91 Å². The average molecular weight is 290 g/mol. The number of aromatic nitrogens is 1. The van der Waals surface area contributed by atoms with Crippen LogP contribution in [0, 0.1) is 5.82 Å². The van der Waals surface area contributed by atoms with Crippen LogP contribution >= 0.6 is 0 Å². The monoisotopic (exact) mass is 290 g/mol. The maximum Gasteiger partial charge on any atom is 0.269 e. The van der Waals surface area contributed by atoms with Crippen molar-refractivity contribution in [2.24, 2.45) is 0 Å². The molecule has 0 unspecified atom stereocenters. The number of carbonyl (C=O) groups is 1. The van der Waals surface area contributed by atoms with Crippen molar-refractivity contribution in [1.29, 1.82) is 0 Å². The molecule has 0 saturated carbocycles. The Morgan fingerprint density at radius 2 is 2.05 bits per heavy atom. The predicted octanol–water partition coefficient (Wildman–Crippen LogP) is 1.39. The first-order chi connectivity index (χ1) is 10.1. The van der Waals surface area contributed by atoms with E-state index in [1.54, 1.807) is 18.2 Å². The molecule has 0 spiro atoms. The van der Waals surface area contributed by atoms with Crippen LogP contribution in [0.1, 0.15) is 10.5 Å². The number of nitrogens with one attached hydrogen (secondary N) is 1. The van der Waals surface area contributed by atoms with Gasteiger partial charge in [-0.25, -0.2) is 4.39 Å². The van der Waals surface area contributed by atoms with Crippen molar-refractivity contribution in [3.63, 3.8) is 0 Å². The van der Waals surface area contributed by atoms with E-state index in [0.29, 0.717) is 5.75 Å². The highest BCUT2D eigenvalue weighted by atomic mass is 19.1. The highest BCUT2D eigenvalue weighted by molar-refractivity contribution is 5.92. The summed E-state index contributed by atoms with van der Waals surface area (Å²) in [7, 11) is 0. The fourth-order valence-electron chi connectivity index (χ4n) is 1.58. The van der Waals surface area contributed by atoms with Crippen molar-refractivity contribution in [2.45, 2.75) is 6.10 Å². The first-order valence-corrected chi connectivity index (χ1v) is 6.41. The SMILES string of the molecule is O=C(NC[C@H](O)COc1ccc(F)cc1)c1ccccn1. The third-order valence-electron chi connectivity index (χ3n) is 2.65. The normalized spacial score (nSPS) is 11.7. The van der Waals surface area contributed by atoms with Crippen LogP contribution in [0.25, 0.3) is 0 Å². The summed E-state index contributed by atoms with van der Waals surface area (Å²) in [5, 5.41) is 12.3. The van der Waals surface area contributed by atoms with Gasteiger partial charge in [-0.3, -0.25) is 9.78 Å². The number of pyridine rings is 1. The summed E-state index contributed by atoms with van der Waals surface area (Å²) in [5.74, 6) is -0.270. The van der Waals surface area contributed by atoms with Crippen molar-refractivity contribution in [3.8, 4) is 5.75 Å². The highest BCUT2D eigenvalue weighted by Crippen LogP contribution is 2.11. The number of hydrogen-bond donors (Lipinski definition) is 2. The largest absolute Gasteiger partial charge is 0.491 e. The van der Waals surface area contributed by atoms with E-state index in [1.807, 2.05) is 0 Å². The smallest absolute Gasteiger partial charge is 0.269 e. The standard InChI is InChI=1S/C15H15FN2O3/c16-11-4-6-13(7-5-11)21-10-12(19)9-18-15(20)14-3-1-2-8-17-14/h1-8,12,19H,9-10H2,(H,18,20)/t12-/m0/s1. The minimum Gasteiger partial charge on any atom is -0.491 e. The molecule has 0 aliphatic carbocycles. The molecule has 1 aromatic heterocycles. The molecular formula is C15H15FN2O3. The van der Waals surface area contributed by atoms with E-state index in [1.165, 1.54) is 30.5 Å². The molecule has 1 atom stereocenters. The number of amides is 1. The van der Waals surface area contributed by atoms with E-state index in [0.717, 1.165) is 0 Å².